The second-order valence-corrected chi connectivity index (χ2v) is 15.9. The van der Waals surface area contributed by atoms with Crippen molar-refractivity contribution in [2.45, 2.75) is 6.92 Å². The van der Waals surface area contributed by atoms with E-state index in [0.29, 0.717) is 0 Å². The van der Waals surface area contributed by atoms with Crippen LogP contribution in [0.3, 0.4) is 0 Å². The second kappa shape index (κ2) is 19.1. The molecule has 242 valence electrons. The summed E-state index contributed by atoms with van der Waals surface area (Å²) in [6, 6.07) is 70.0. The van der Waals surface area contributed by atoms with Gasteiger partial charge >= 0.3 is 21.7 Å². The Labute approximate surface area is 315 Å². The van der Waals surface area contributed by atoms with E-state index in [2.05, 4.69) is 201 Å². The van der Waals surface area contributed by atoms with Crippen LogP contribution in [-0.4, -0.2) is 0 Å². The van der Waals surface area contributed by atoms with Gasteiger partial charge in [0.1, 0.15) is 0 Å². The molecule has 0 N–H and O–H groups in total. The van der Waals surface area contributed by atoms with Crippen LogP contribution in [0.25, 0.3) is 21.5 Å². The van der Waals surface area contributed by atoms with Crippen molar-refractivity contribution in [3.8, 4) is 0 Å². The van der Waals surface area contributed by atoms with E-state index >= 15 is 0 Å². The van der Waals surface area contributed by atoms with Crippen molar-refractivity contribution >= 4 is 69.2 Å². The molecule has 0 amide bonds. The maximum atomic E-state index is 3.46. The number of hydrogen-bond donors (Lipinski definition) is 0. The summed E-state index contributed by atoms with van der Waals surface area (Å²) in [6.07, 6.45) is 5.58. The molecule has 8 aromatic carbocycles. The quantitative estimate of drug-likeness (QED) is 0.0668. The number of benzene rings is 6. The van der Waals surface area contributed by atoms with E-state index in [1.54, 1.807) is 6.08 Å². The molecular formula is C47H40P2Ti. The monoisotopic (exact) mass is 714 g/mol. The first-order valence-electron chi connectivity index (χ1n) is 16.6. The number of hydrogen-bond acceptors (Lipinski definition) is 0. The minimum absolute atomic E-state index is 0. The maximum absolute atomic E-state index is 3.46. The van der Waals surface area contributed by atoms with Gasteiger partial charge in [0.05, 0.1) is 0 Å². The fourth-order valence-corrected chi connectivity index (χ4v) is 10.6. The normalized spacial score (nSPS) is 10.7. The van der Waals surface area contributed by atoms with E-state index in [1.165, 1.54) is 53.4 Å². The van der Waals surface area contributed by atoms with Gasteiger partial charge in [-0.25, -0.2) is 0 Å². The van der Waals surface area contributed by atoms with Crippen LogP contribution in [0.1, 0.15) is 6.92 Å². The van der Waals surface area contributed by atoms with Gasteiger partial charge in [-0.3, -0.25) is 0 Å². The summed E-state index contributed by atoms with van der Waals surface area (Å²) in [5.41, 5.74) is 0. The van der Waals surface area contributed by atoms with Gasteiger partial charge in [-0.05, 0) is 44.0 Å². The van der Waals surface area contributed by atoms with Gasteiger partial charge in [-0.2, -0.15) is 12.1 Å². The molecule has 3 heteroatoms. The Hall–Kier alpha value is -4.41. The zero-order valence-corrected chi connectivity index (χ0v) is 31.7. The number of allylic oxidation sites excluding steroid dienone is 3. The fraction of sp³-hybridized carbons (Fsp3) is 0.0213. The summed E-state index contributed by atoms with van der Waals surface area (Å²) >= 11 is 0. The molecule has 8 rings (SSSR count). The topological polar surface area (TPSA) is 0 Å². The third kappa shape index (κ3) is 9.43. The van der Waals surface area contributed by atoms with Gasteiger partial charge in [0.15, 0.2) is 0 Å². The van der Waals surface area contributed by atoms with Gasteiger partial charge < -0.3 is 0 Å². The predicted octanol–water partition coefficient (Wildman–Crippen LogP) is 10.4. The summed E-state index contributed by atoms with van der Waals surface area (Å²) < 4.78 is 0. The molecule has 0 fully saturated rings. The van der Waals surface area contributed by atoms with Crippen LogP contribution in [0.5, 0.6) is 0 Å². The Morgan fingerprint density at radius 2 is 0.740 bits per heavy atom. The summed E-state index contributed by atoms with van der Waals surface area (Å²) in [5.74, 6) is 0. The second-order valence-electron chi connectivity index (χ2n) is 11.5. The molecule has 0 aliphatic rings. The summed E-state index contributed by atoms with van der Waals surface area (Å²) in [7, 11) is -0.986. The Kier molecular flexibility index (Phi) is 14.1. The molecule has 0 aromatic heterocycles. The first-order valence-corrected chi connectivity index (χ1v) is 19.3. The Morgan fingerprint density at radius 1 is 0.440 bits per heavy atom. The van der Waals surface area contributed by atoms with Crippen molar-refractivity contribution in [2.75, 3.05) is 0 Å². The largest absolute Gasteiger partial charge is 2.00 e. The van der Waals surface area contributed by atoms with Gasteiger partial charge in [-0.15, -0.1) is 80.7 Å². The molecule has 0 saturated carbocycles. The van der Waals surface area contributed by atoms with Crippen LogP contribution in [-0.2, 0) is 21.7 Å². The standard InChI is InChI=1S/2C21H16P.C5H8.Ti/c2*1-3-11-19(12-4-1)22(20-13-5-2-6-14-20)21-15-17-9-7-8-10-18(17)16-21;1-3-5-4-2;/h2*1-16H;3-5H,1H2,2H3;/q2*-1;;+2. The molecule has 0 unspecified atom stereocenters. The van der Waals surface area contributed by atoms with E-state index in [0.717, 1.165) is 0 Å². The van der Waals surface area contributed by atoms with Gasteiger partial charge in [0, 0.05) is 0 Å². The zero-order valence-electron chi connectivity index (χ0n) is 28.3. The van der Waals surface area contributed by atoms with Crippen molar-refractivity contribution in [2.24, 2.45) is 0 Å². The van der Waals surface area contributed by atoms with Crippen molar-refractivity contribution < 1.29 is 21.7 Å². The summed E-state index contributed by atoms with van der Waals surface area (Å²) in [5, 5.41) is 13.8. The SMILES string of the molecule is C=CC=CC.[Ti+2].c1ccc(P(c2ccccc2)c2cc3ccccc3[cH-]2)cc1.c1ccc(P(c2ccccc2)c2cc3ccccc3[cH-]2)cc1. The molecule has 0 spiro atoms. The van der Waals surface area contributed by atoms with Crippen LogP contribution >= 0.6 is 15.8 Å². The molecule has 0 bridgehead atoms. The van der Waals surface area contributed by atoms with E-state index in [-0.39, 0.29) is 21.7 Å². The molecule has 0 radical (unpaired) electrons. The number of fused-ring (bicyclic) bond motifs is 2. The van der Waals surface area contributed by atoms with Crippen molar-refractivity contribution in [3.05, 3.63) is 219 Å². The molecule has 0 nitrogen and oxygen atoms in total. The first-order chi connectivity index (χ1) is 24.2. The minimum Gasteiger partial charge on any atom is -0.160 e. The van der Waals surface area contributed by atoms with Crippen LogP contribution in [0.2, 0.25) is 0 Å². The molecule has 0 aliphatic carbocycles. The van der Waals surface area contributed by atoms with Crippen LogP contribution in [0, 0.1) is 0 Å². The summed E-state index contributed by atoms with van der Waals surface area (Å²) in [6.45, 7) is 5.42. The van der Waals surface area contributed by atoms with Crippen LogP contribution in [0.4, 0.5) is 0 Å². The third-order valence-electron chi connectivity index (χ3n) is 8.11. The molecule has 0 atom stereocenters. The number of rotatable bonds is 7. The molecule has 50 heavy (non-hydrogen) atoms. The average molecular weight is 715 g/mol. The molecule has 0 heterocycles. The predicted molar refractivity (Wildman–Crippen MR) is 222 cm³/mol. The third-order valence-corrected chi connectivity index (χ3v) is 12.9. The van der Waals surface area contributed by atoms with Crippen LogP contribution < -0.4 is 31.8 Å². The first kappa shape index (κ1) is 36.9. The average Bonchev–Trinajstić information content (AvgIpc) is 3.79. The van der Waals surface area contributed by atoms with Crippen molar-refractivity contribution in [1.29, 1.82) is 0 Å². The smallest absolute Gasteiger partial charge is 0.160 e. The van der Waals surface area contributed by atoms with Crippen molar-refractivity contribution in [1.82, 2.24) is 0 Å². The molecular weight excluding hydrogens is 674 g/mol. The van der Waals surface area contributed by atoms with Gasteiger partial charge in [0.25, 0.3) is 0 Å². The van der Waals surface area contributed by atoms with E-state index in [9.17, 15) is 0 Å². The van der Waals surface area contributed by atoms with E-state index < -0.39 is 15.8 Å². The van der Waals surface area contributed by atoms with Crippen molar-refractivity contribution in [3.63, 3.8) is 0 Å². The Morgan fingerprint density at radius 3 is 1.00 bits per heavy atom. The zero-order chi connectivity index (χ0) is 33.7. The van der Waals surface area contributed by atoms with Crippen LogP contribution in [0.15, 0.2) is 219 Å². The van der Waals surface area contributed by atoms with Gasteiger partial charge in [-0.1, -0.05) is 158 Å². The molecule has 0 aliphatic heterocycles. The van der Waals surface area contributed by atoms with E-state index in [4.69, 9.17) is 0 Å². The maximum Gasteiger partial charge on any atom is 2.00 e. The minimum atomic E-state index is -0.493. The van der Waals surface area contributed by atoms with E-state index in [1.807, 2.05) is 19.1 Å². The summed E-state index contributed by atoms with van der Waals surface area (Å²) in [4.78, 5) is 0. The molecule has 0 saturated heterocycles. The molecule has 8 aromatic rings. The Balaban J connectivity index is 0.000000169. The van der Waals surface area contributed by atoms with Gasteiger partial charge in [0.2, 0.25) is 0 Å². The fourth-order valence-electron chi connectivity index (χ4n) is 5.87. The Bertz CT molecular complexity index is 1900.